The van der Waals surface area contributed by atoms with E-state index in [2.05, 4.69) is 12.2 Å². The number of hydrogen-bond acceptors (Lipinski definition) is 5. The van der Waals surface area contributed by atoms with Crippen LogP contribution in [0.25, 0.3) is 0 Å². The Labute approximate surface area is 130 Å². The van der Waals surface area contributed by atoms with E-state index in [1.165, 1.54) is 6.26 Å². The molecule has 6 heteroatoms. The number of thioether (sulfide) groups is 1. The Bertz CT molecular complexity index is 623. The molecule has 0 bridgehead atoms. The third-order valence-corrected chi connectivity index (χ3v) is 5.65. The van der Waals surface area contributed by atoms with Gasteiger partial charge in [-0.15, -0.1) is 11.8 Å². The zero-order chi connectivity index (χ0) is 15.5. The molecule has 4 nitrogen and oxygen atoms in total. The van der Waals surface area contributed by atoms with Gasteiger partial charge in [-0.3, -0.25) is 0 Å². The standard InChI is InChI=1S/C15H20O4S2/c1-18-13-7-6-11(9-14(13)19-2)12(10-21(3,16)17)15-5-4-8-20-15/h4-7,9,12,15H,8,10H2,1-3H3. The summed E-state index contributed by atoms with van der Waals surface area (Å²) in [5.41, 5.74) is 0.960. The van der Waals surface area contributed by atoms with E-state index in [0.717, 1.165) is 11.3 Å². The first-order valence-corrected chi connectivity index (χ1v) is 9.73. The van der Waals surface area contributed by atoms with Gasteiger partial charge in [-0.25, -0.2) is 8.42 Å². The summed E-state index contributed by atoms with van der Waals surface area (Å²) >= 11 is 1.76. The Kier molecular flexibility index (Phi) is 5.22. The molecule has 0 saturated carbocycles. The van der Waals surface area contributed by atoms with E-state index in [0.29, 0.717) is 11.5 Å². The summed E-state index contributed by atoms with van der Waals surface area (Å²) in [6, 6.07) is 5.62. The van der Waals surface area contributed by atoms with Crippen LogP contribution in [-0.4, -0.2) is 45.6 Å². The van der Waals surface area contributed by atoms with E-state index < -0.39 is 9.84 Å². The van der Waals surface area contributed by atoms with Crippen molar-refractivity contribution in [3.8, 4) is 11.5 Å². The number of rotatable bonds is 6. The van der Waals surface area contributed by atoms with Crippen LogP contribution in [0, 0.1) is 0 Å². The molecule has 1 aromatic rings. The second-order valence-corrected chi connectivity index (χ2v) is 8.44. The molecular formula is C15H20O4S2. The minimum atomic E-state index is -3.06. The lowest BCUT2D eigenvalue weighted by molar-refractivity contribution is 0.354. The first kappa shape index (κ1) is 16.2. The molecule has 0 radical (unpaired) electrons. The summed E-state index contributed by atoms with van der Waals surface area (Å²) in [4.78, 5) is 0. The van der Waals surface area contributed by atoms with Gasteiger partial charge in [0.05, 0.1) is 20.0 Å². The Morgan fingerprint density at radius 3 is 2.52 bits per heavy atom. The van der Waals surface area contributed by atoms with Crippen molar-refractivity contribution in [2.24, 2.45) is 0 Å². The quantitative estimate of drug-likeness (QED) is 0.751. The summed E-state index contributed by atoms with van der Waals surface area (Å²) in [6.45, 7) is 0. The van der Waals surface area contributed by atoms with Crippen molar-refractivity contribution in [1.29, 1.82) is 0 Å². The average molecular weight is 328 g/mol. The molecule has 1 aromatic carbocycles. The molecule has 0 fully saturated rings. The Morgan fingerprint density at radius 1 is 1.29 bits per heavy atom. The van der Waals surface area contributed by atoms with Gasteiger partial charge < -0.3 is 9.47 Å². The van der Waals surface area contributed by atoms with Crippen LogP contribution in [-0.2, 0) is 9.84 Å². The maximum atomic E-state index is 11.8. The van der Waals surface area contributed by atoms with Crippen LogP contribution in [0.3, 0.4) is 0 Å². The van der Waals surface area contributed by atoms with E-state index >= 15 is 0 Å². The summed E-state index contributed by atoms with van der Waals surface area (Å²) in [7, 11) is 0.102. The van der Waals surface area contributed by atoms with Crippen LogP contribution in [0.5, 0.6) is 11.5 Å². The molecule has 1 heterocycles. The van der Waals surface area contributed by atoms with E-state index in [4.69, 9.17) is 9.47 Å². The lowest BCUT2D eigenvalue weighted by Gasteiger charge is -2.22. The van der Waals surface area contributed by atoms with Crippen LogP contribution in [0.2, 0.25) is 0 Å². The average Bonchev–Trinajstić information content (AvgIpc) is 2.97. The van der Waals surface area contributed by atoms with Crippen LogP contribution in [0.1, 0.15) is 11.5 Å². The van der Waals surface area contributed by atoms with Crippen molar-refractivity contribution in [2.75, 3.05) is 32.0 Å². The second kappa shape index (κ2) is 6.75. The number of ether oxygens (including phenoxy) is 2. The van der Waals surface area contributed by atoms with Crippen LogP contribution in [0.4, 0.5) is 0 Å². The SMILES string of the molecule is COc1ccc(C(CS(C)(=O)=O)C2C=CCS2)cc1OC. The molecule has 0 aliphatic carbocycles. The molecular weight excluding hydrogens is 308 g/mol. The molecule has 21 heavy (non-hydrogen) atoms. The first-order chi connectivity index (χ1) is 9.94. The minimum Gasteiger partial charge on any atom is -0.493 e. The van der Waals surface area contributed by atoms with Crippen molar-refractivity contribution < 1.29 is 17.9 Å². The molecule has 2 atom stereocenters. The van der Waals surface area contributed by atoms with Crippen molar-refractivity contribution in [3.63, 3.8) is 0 Å². The Morgan fingerprint density at radius 2 is 2.00 bits per heavy atom. The lowest BCUT2D eigenvalue weighted by atomic mass is 9.96. The van der Waals surface area contributed by atoms with E-state index in [1.807, 2.05) is 18.2 Å². The van der Waals surface area contributed by atoms with Crippen molar-refractivity contribution in [2.45, 2.75) is 11.2 Å². The van der Waals surface area contributed by atoms with Gasteiger partial charge in [0.1, 0.15) is 9.84 Å². The highest BCUT2D eigenvalue weighted by atomic mass is 32.2. The molecule has 1 aliphatic heterocycles. The molecule has 0 aromatic heterocycles. The molecule has 116 valence electrons. The van der Waals surface area contributed by atoms with Crippen molar-refractivity contribution in [3.05, 3.63) is 35.9 Å². The molecule has 0 amide bonds. The molecule has 2 unspecified atom stereocenters. The largest absolute Gasteiger partial charge is 0.493 e. The van der Waals surface area contributed by atoms with E-state index in [-0.39, 0.29) is 16.9 Å². The number of sulfone groups is 1. The predicted molar refractivity (Wildman–Crippen MR) is 87.4 cm³/mol. The second-order valence-electron chi connectivity index (χ2n) is 5.04. The summed E-state index contributed by atoms with van der Waals surface area (Å²) in [6.07, 6.45) is 5.46. The number of hydrogen-bond donors (Lipinski definition) is 0. The first-order valence-electron chi connectivity index (χ1n) is 6.62. The van der Waals surface area contributed by atoms with Gasteiger partial charge >= 0.3 is 0 Å². The summed E-state index contributed by atoms with van der Waals surface area (Å²) in [5, 5.41) is 0.179. The highest BCUT2D eigenvalue weighted by Crippen LogP contribution is 2.38. The van der Waals surface area contributed by atoms with E-state index in [1.54, 1.807) is 26.0 Å². The summed E-state index contributed by atoms with van der Waals surface area (Å²) in [5.74, 6) is 2.25. The highest BCUT2D eigenvalue weighted by Gasteiger charge is 2.28. The third kappa shape index (κ3) is 4.17. The van der Waals surface area contributed by atoms with Crippen molar-refractivity contribution >= 4 is 21.6 Å². The van der Waals surface area contributed by atoms with E-state index in [9.17, 15) is 8.42 Å². The van der Waals surface area contributed by atoms with Gasteiger partial charge in [-0.05, 0) is 17.7 Å². The number of methoxy groups -OCH3 is 2. The van der Waals surface area contributed by atoms with Gasteiger partial charge in [0.25, 0.3) is 0 Å². The molecule has 2 rings (SSSR count). The van der Waals surface area contributed by atoms with Gasteiger partial charge in [0, 0.05) is 23.2 Å². The Hall–Kier alpha value is -1.14. The van der Waals surface area contributed by atoms with Gasteiger partial charge in [0.15, 0.2) is 11.5 Å². The van der Waals surface area contributed by atoms with Gasteiger partial charge in [0.2, 0.25) is 0 Å². The van der Waals surface area contributed by atoms with Crippen LogP contribution in [0.15, 0.2) is 30.4 Å². The Balaban J connectivity index is 2.38. The molecule has 0 saturated heterocycles. The van der Waals surface area contributed by atoms with Crippen molar-refractivity contribution in [1.82, 2.24) is 0 Å². The minimum absolute atomic E-state index is 0.0800. The molecule has 0 spiro atoms. The fourth-order valence-electron chi connectivity index (χ4n) is 2.45. The smallest absolute Gasteiger partial charge is 0.160 e. The molecule has 1 aliphatic rings. The fraction of sp³-hybridized carbons (Fsp3) is 0.467. The number of benzene rings is 1. The fourth-order valence-corrected chi connectivity index (χ4v) is 4.78. The normalized spacial score (nSPS) is 19.5. The maximum absolute atomic E-state index is 11.8. The molecule has 0 N–H and O–H groups in total. The highest BCUT2D eigenvalue weighted by molar-refractivity contribution is 8.00. The summed E-state index contributed by atoms with van der Waals surface area (Å²) < 4.78 is 34.1. The van der Waals surface area contributed by atoms with Gasteiger partial charge in [-0.1, -0.05) is 18.2 Å². The topological polar surface area (TPSA) is 52.6 Å². The van der Waals surface area contributed by atoms with Crippen LogP contribution < -0.4 is 9.47 Å². The monoisotopic (exact) mass is 328 g/mol. The maximum Gasteiger partial charge on any atom is 0.160 e. The lowest BCUT2D eigenvalue weighted by Crippen LogP contribution is -2.21. The predicted octanol–water partition coefficient (Wildman–Crippen LogP) is 2.50. The van der Waals surface area contributed by atoms with Crippen LogP contribution >= 0.6 is 11.8 Å². The van der Waals surface area contributed by atoms with Gasteiger partial charge in [-0.2, -0.15) is 0 Å². The zero-order valence-corrected chi connectivity index (χ0v) is 14.0. The zero-order valence-electron chi connectivity index (χ0n) is 12.4. The third-order valence-electron chi connectivity index (χ3n) is 3.43.